The van der Waals surface area contributed by atoms with Gasteiger partial charge in [-0.1, -0.05) is 65.8 Å². The first-order valence-electron chi connectivity index (χ1n) is 16.3. The van der Waals surface area contributed by atoms with Gasteiger partial charge in [-0.2, -0.15) is 5.26 Å². The van der Waals surface area contributed by atoms with Crippen LogP contribution in [0.3, 0.4) is 0 Å². The van der Waals surface area contributed by atoms with Crippen molar-refractivity contribution in [3.05, 3.63) is 76.3 Å². The molecular weight excluding hydrogens is 544 g/mol. The Kier molecular flexibility index (Phi) is 11.3. The van der Waals surface area contributed by atoms with Gasteiger partial charge in [-0.05, 0) is 72.7 Å². The molecule has 7 heteroatoms. The van der Waals surface area contributed by atoms with Gasteiger partial charge in [0.15, 0.2) is 0 Å². The van der Waals surface area contributed by atoms with Crippen molar-refractivity contribution in [1.82, 2.24) is 10.3 Å². The van der Waals surface area contributed by atoms with Crippen molar-refractivity contribution < 1.29 is 4.79 Å². The van der Waals surface area contributed by atoms with Gasteiger partial charge in [-0.3, -0.25) is 14.7 Å². The van der Waals surface area contributed by atoms with Crippen molar-refractivity contribution in [3.8, 4) is 17.3 Å². The quantitative estimate of drug-likeness (QED) is 0.266. The maximum atomic E-state index is 12.7. The number of hydrogen-bond donors (Lipinski definition) is 2. The molecule has 44 heavy (non-hydrogen) atoms. The van der Waals surface area contributed by atoms with Crippen molar-refractivity contribution in [2.75, 3.05) is 30.4 Å². The molecule has 232 valence electrons. The van der Waals surface area contributed by atoms with Crippen LogP contribution in [0.1, 0.15) is 100 Å². The number of nitrogens with zero attached hydrogens (tertiary/aromatic N) is 4. The zero-order valence-electron chi connectivity index (χ0n) is 27.4. The molecule has 0 spiro atoms. The molecule has 2 aromatic carbocycles. The van der Waals surface area contributed by atoms with E-state index >= 15 is 0 Å². The molecule has 2 N–H and O–H groups in total. The smallest absolute Gasteiger partial charge is 0.235 e. The number of fused-ring (bicyclic) bond motifs is 4. The molecule has 6 rings (SSSR count). The number of nitrogens with one attached hydrogen (secondary N) is 2. The summed E-state index contributed by atoms with van der Waals surface area (Å²) in [4.78, 5) is 23.6. The van der Waals surface area contributed by atoms with Crippen LogP contribution >= 0.6 is 0 Å². The van der Waals surface area contributed by atoms with Gasteiger partial charge in [0, 0.05) is 49.1 Å². The van der Waals surface area contributed by atoms with Crippen LogP contribution in [-0.4, -0.2) is 43.3 Å². The monoisotopic (exact) mass is 592 g/mol. The van der Waals surface area contributed by atoms with Crippen molar-refractivity contribution in [3.63, 3.8) is 0 Å². The van der Waals surface area contributed by atoms with Gasteiger partial charge in [0.2, 0.25) is 5.91 Å². The van der Waals surface area contributed by atoms with Crippen molar-refractivity contribution in [2.45, 2.75) is 85.2 Å². The van der Waals surface area contributed by atoms with Crippen molar-refractivity contribution >= 4 is 23.6 Å². The van der Waals surface area contributed by atoms with E-state index in [0.717, 1.165) is 48.4 Å². The summed E-state index contributed by atoms with van der Waals surface area (Å²) in [6.45, 7) is 15.2. The molecular formula is C37H48N6O. The predicted molar refractivity (Wildman–Crippen MR) is 183 cm³/mol. The van der Waals surface area contributed by atoms with Gasteiger partial charge in [-0.15, -0.1) is 0 Å². The summed E-state index contributed by atoms with van der Waals surface area (Å²) < 4.78 is 0. The maximum Gasteiger partial charge on any atom is 0.235 e. The number of nitriles is 1. The number of pyridine rings is 1. The van der Waals surface area contributed by atoms with Crippen LogP contribution in [-0.2, 0) is 11.3 Å². The average Bonchev–Trinajstić information content (AvgIpc) is 3.82. The highest BCUT2D eigenvalue weighted by Crippen LogP contribution is 2.49. The molecule has 1 amide bonds. The van der Waals surface area contributed by atoms with E-state index < -0.39 is 0 Å². The second kappa shape index (κ2) is 15.1. The Labute approximate surface area is 263 Å². The molecule has 0 bridgehead atoms. The van der Waals surface area contributed by atoms with E-state index in [1.807, 2.05) is 50.4 Å². The molecule has 1 aromatic heterocycles. The number of amides is 1. The number of carbonyl (C=O) groups excluding carboxylic acids is 1. The lowest BCUT2D eigenvalue weighted by Gasteiger charge is -2.15. The van der Waals surface area contributed by atoms with E-state index in [1.165, 1.54) is 29.7 Å². The number of aliphatic imine (C=N–C) groups is 1. The van der Waals surface area contributed by atoms with E-state index in [9.17, 15) is 10.1 Å². The predicted octanol–water partition coefficient (Wildman–Crippen LogP) is 7.66. The Bertz CT molecular complexity index is 1520. The van der Waals surface area contributed by atoms with Crippen LogP contribution in [0.5, 0.6) is 0 Å². The van der Waals surface area contributed by atoms with Crippen LogP contribution < -0.4 is 15.5 Å². The zero-order valence-corrected chi connectivity index (χ0v) is 27.4. The van der Waals surface area contributed by atoms with Gasteiger partial charge in [0.1, 0.15) is 5.82 Å². The number of aromatic nitrogens is 1. The fourth-order valence-corrected chi connectivity index (χ4v) is 5.96. The number of rotatable bonds is 9. The van der Waals surface area contributed by atoms with E-state index in [2.05, 4.69) is 67.6 Å². The summed E-state index contributed by atoms with van der Waals surface area (Å²) >= 11 is 0. The SMILES string of the molecule is CC.CCCNc1cccc2c1C1CC1N=C2.CCNCc1ccc(C#N)c(-c2ccc3c(n2)N(C)C(=O)C3CC(C)C)c1. The van der Waals surface area contributed by atoms with Gasteiger partial charge in [0.05, 0.1) is 29.3 Å². The van der Waals surface area contributed by atoms with E-state index in [0.29, 0.717) is 29.3 Å². The molecule has 3 aliphatic rings. The largest absolute Gasteiger partial charge is 0.385 e. The summed E-state index contributed by atoms with van der Waals surface area (Å²) in [5.41, 5.74) is 8.37. The first-order chi connectivity index (χ1) is 21.4. The highest BCUT2D eigenvalue weighted by Gasteiger charge is 2.42. The number of carbonyl (C=O) groups is 1. The molecule has 3 heterocycles. The number of likely N-dealkylation sites (N-methyl/N-ethyl adjacent to an activating group) is 1. The third kappa shape index (κ3) is 7.19. The highest BCUT2D eigenvalue weighted by molar-refractivity contribution is 6.03. The Morgan fingerprint density at radius 3 is 2.61 bits per heavy atom. The second-order valence-corrected chi connectivity index (χ2v) is 11.9. The third-order valence-corrected chi connectivity index (χ3v) is 8.23. The first kappa shape index (κ1) is 32.9. The third-order valence-electron chi connectivity index (χ3n) is 8.23. The summed E-state index contributed by atoms with van der Waals surface area (Å²) in [5, 5.41) is 16.3. The van der Waals surface area contributed by atoms with Gasteiger partial charge >= 0.3 is 0 Å². The summed E-state index contributed by atoms with van der Waals surface area (Å²) in [6.07, 6.45) is 5.28. The van der Waals surface area contributed by atoms with E-state index in [-0.39, 0.29) is 11.8 Å². The minimum atomic E-state index is -0.123. The fourth-order valence-electron chi connectivity index (χ4n) is 5.96. The second-order valence-electron chi connectivity index (χ2n) is 11.9. The Morgan fingerprint density at radius 1 is 1.11 bits per heavy atom. The lowest BCUT2D eigenvalue weighted by Crippen LogP contribution is -2.25. The lowest BCUT2D eigenvalue weighted by atomic mass is 9.92. The lowest BCUT2D eigenvalue weighted by molar-refractivity contribution is -0.119. The topological polar surface area (TPSA) is 93.4 Å². The summed E-state index contributed by atoms with van der Waals surface area (Å²) in [6, 6.07) is 19.1. The van der Waals surface area contributed by atoms with Crippen molar-refractivity contribution in [2.24, 2.45) is 10.9 Å². The van der Waals surface area contributed by atoms with Gasteiger partial charge in [-0.25, -0.2) is 4.98 Å². The standard InChI is InChI=1S/C22H26N4O.C13H16N2.C2H6/c1-5-24-13-15-6-7-16(12-23)18(11-15)20-9-8-17-19(10-14(2)3)22(27)26(4)21(17)25-20;1-2-6-14-11-5-3-4-9-8-15-12-7-10(12)13(9)11;1-2/h6-9,11,14,19,24H,5,10,13H2,1-4H3;3-5,8,10,12,14H,2,6-7H2,1H3;1-2H3. The molecule has 0 radical (unpaired) electrons. The highest BCUT2D eigenvalue weighted by atomic mass is 16.2. The summed E-state index contributed by atoms with van der Waals surface area (Å²) in [5.74, 6) is 1.83. The molecule has 7 nitrogen and oxygen atoms in total. The van der Waals surface area contributed by atoms with E-state index in [1.54, 1.807) is 11.9 Å². The molecule has 3 atom stereocenters. The van der Waals surface area contributed by atoms with Crippen LogP contribution in [0.15, 0.2) is 53.5 Å². The van der Waals surface area contributed by atoms with Crippen LogP contribution in [0, 0.1) is 17.2 Å². The van der Waals surface area contributed by atoms with Crippen LogP contribution in [0.25, 0.3) is 11.3 Å². The average molecular weight is 593 g/mol. The molecule has 1 aliphatic carbocycles. The fraction of sp³-hybridized carbons (Fsp3) is 0.459. The molecule has 3 unspecified atom stereocenters. The van der Waals surface area contributed by atoms with Crippen molar-refractivity contribution in [1.29, 1.82) is 5.26 Å². The number of hydrogen-bond acceptors (Lipinski definition) is 6. The first-order valence-corrected chi connectivity index (χ1v) is 16.3. The zero-order chi connectivity index (χ0) is 31.8. The Hall–Kier alpha value is -4.02. The minimum absolute atomic E-state index is 0.102. The minimum Gasteiger partial charge on any atom is -0.385 e. The van der Waals surface area contributed by atoms with E-state index in [4.69, 9.17) is 4.98 Å². The number of anilines is 2. The Morgan fingerprint density at radius 2 is 1.91 bits per heavy atom. The Balaban J connectivity index is 0.000000218. The van der Waals surface area contributed by atoms with Crippen LogP contribution in [0.4, 0.5) is 11.5 Å². The maximum absolute atomic E-state index is 12.7. The molecule has 0 saturated heterocycles. The molecule has 1 saturated carbocycles. The number of benzene rings is 2. The normalized spacial score (nSPS) is 18.7. The molecule has 1 fully saturated rings. The van der Waals surface area contributed by atoms with Crippen LogP contribution in [0.2, 0.25) is 0 Å². The molecule has 2 aliphatic heterocycles. The van der Waals surface area contributed by atoms with Gasteiger partial charge in [0.25, 0.3) is 0 Å². The summed E-state index contributed by atoms with van der Waals surface area (Å²) in [7, 11) is 1.78. The van der Waals surface area contributed by atoms with Gasteiger partial charge < -0.3 is 10.6 Å². The molecule has 3 aromatic rings.